The molecule has 2 rings (SSSR count). The van der Waals surface area contributed by atoms with Crippen molar-refractivity contribution >= 4 is 17.3 Å². The molecule has 2 aliphatic rings. The molecule has 6 heteroatoms. The van der Waals surface area contributed by atoms with Crippen molar-refractivity contribution in [2.75, 3.05) is 26.4 Å². The number of hydrogen-bond acceptors (Lipinski definition) is 6. The largest absolute Gasteiger partial charge is 0.379 e. The molecule has 1 saturated heterocycles. The molecule has 0 amide bonds. The van der Waals surface area contributed by atoms with Crippen molar-refractivity contribution in [2.24, 2.45) is 5.92 Å². The van der Waals surface area contributed by atoms with Crippen molar-refractivity contribution in [1.29, 1.82) is 0 Å². The summed E-state index contributed by atoms with van der Waals surface area (Å²) in [5.41, 5.74) is 0. The van der Waals surface area contributed by atoms with E-state index < -0.39 is 17.5 Å². The predicted molar refractivity (Wildman–Crippen MR) is 77.3 cm³/mol. The van der Waals surface area contributed by atoms with E-state index in [1.807, 2.05) is 0 Å². The molecule has 0 aromatic carbocycles. The third kappa shape index (κ3) is 5.26. The van der Waals surface area contributed by atoms with Gasteiger partial charge in [0, 0.05) is 13.2 Å². The number of Topliss-reactive ketones (excluding diaryl/α,β-unsaturated/α-hetero) is 3. The van der Waals surface area contributed by atoms with Crippen molar-refractivity contribution in [1.82, 2.24) is 0 Å². The Labute approximate surface area is 130 Å². The smallest absolute Gasteiger partial charge is 0.209 e. The van der Waals surface area contributed by atoms with Crippen LogP contribution in [0.5, 0.6) is 0 Å². The number of ether oxygens (including phenoxy) is 3. The Kier molecular flexibility index (Phi) is 7.15. The van der Waals surface area contributed by atoms with Crippen LogP contribution in [0.4, 0.5) is 0 Å². The average Bonchev–Trinajstić information content (AvgIpc) is 2.76. The van der Waals surface area contributed by atoms with E-state index in [0.29, 0.717) is 32.7 Å². The van der Waals surface area contributed by atoms with Gasteiger partial charge in [-0.2, -0.15) is 0 Å². The summed E-state index contributed by atoms with van der Waals surface area (Å²) in [6.45, 7) is 2.36. The molecule has 0 spiro atoms. The highest BCUT2D eigenvalue weighted by atomic mass is 16.7. The van der Waals surface area contributed by atoms with Crippen molar-refractivity contribution in [2.45, 2.75) is 51.2 Å². The monoisotopic (exact) mass is 312 g/mol. The Morgan fingerprint density at radius 2 is 1.91 bits per heavy atom. The molecule has 1 aliphatic carbocycles. The minimum atomic E-state index is -0.695. The maximum absolute atomic E-state index is 11.4. The lowest BCUT2D eigenvalue weighted by molar-refractivity contribution is -0.169. The van der Waals surface area contributed by atoms with Gasteiger partial charge in [0.15, 0.2) is 12.1 Å². The summed E-state index contributed by atoms with van der Waals surface area (Å²) in [6.07, 6.45) is 4.84. The SMILES string of the molecule is O=C1CC(=O)C(CCCCOCCOC2CCCCO2)C1=O. The van der Waals surface area contributed by atoms with Gasteiger partial charge in [0.2, 0.25) is 11.6 Å². The van der Waals surface area contributed by atoms with E-state index in [2.05, 4.69) is 0 Å². The van der Waals surface area contributed by atoms with E-state index in [1.165, 1.54) is 0 Å². The summed E-state index contributed by atoms with van der Waals surface area (Å²) in [6, 6.07) is 0. The molecule has 0 aromatic rings. The molecule has 0 radical (unpaired) electrons. The fraction of sp³-hybridized carbons (Fsp3) is 0.812. The third-order valence-electron chi connectivity index (χ3n) is 4.02. The summed E-state index contributed by atoms with van der Waals surface area (Å²) < 4.78 is 16.4. The van der Waals surface area contributed by atoms with Crippen LogP contribution < -0.4 is 0 Å². The van der Waals surface area contributed by atoms with Crippen molar-refractivity contribution in [3.05, 3.63) is 0 Å². The van der Waals surface area contributed by atoms with Gasteiger partial charge in [-0.15, -0.1) is 0 Å². The lowest BCUT2D eigenvalue weighted by Gasteiger charge is -2.22. The summed E-state index contributed by atoms with van der Waals surface area (Å²) in [5.74, 6) is -1.96. The number of rotatable bonds is 9. The Morgan fingerprint density at radius 1 is 1.05 bits per heavy atom. The Bertz CT molecular complexity index is 399. The zero-order valence-electron chi connectivity index (χ0n) is 12.9. The summed E-state index contributed by atoms with van der Waals surface area (Å²) in [7, 11) is 0. The molecule has 2 fully saturated rings. The first kappa shape index (κ1) is 17.2. The van der Waals surface area contributed by atoms with Gasteiger partial charge in [-0.1, -0.05) is 0 Å². The second kappa shape index (κ2) is 9.12. The maximum atomic E-state index is 11.4. The van der Waals surface area contributed by atoms with Crippen molar-refractivity contribution < 1.29 is 28.6 Å². The number of carbonyl (C=O) groups is 3. The highest BCUT2D eigenvalue weighted by molar-refractivity contribution is 6.49. The van der Waals surface area contributed by atoms with Gasteiger partial charge in [-0.3, -0.25) is 14.4 Å². The van der Waals surface area contributed by atoms with Crippen LogP contribution in [0.2, 0.25) is 0 Å². The number of hydrogen-bond donors (Lipinski definition) is 0. The van der Waals surface area contributed by atoms with E-state index in [4.69, 9.17) is 14.2 Å². The molecule has 0 bridgehead atoms. The fourth-order valence-electron chi connectivity index (χ4n) is 2.74. The van der Waals surface area contributed by atoms with Gasteiger partial charge < -0.3 is 14.2 Å². The first-order chi connectivity index (χ1) is 10.7. The first-order valence-electron chi connectivity index (χ1n) is 8.09. The van der Waals surface area contributed by atoms with Crippen LogP contribution in [0.15, 0.2) is 0 Å². The van der Waals surface area contributed by atoms with Crippen molar-refractivity contribution in [3.8, 4) is 0 Å². The van der Waals surface area contributed by atoms with Gasteiger partial charge >= 0.3 is 0 Å². The molecular formula is C16H24O6. The normalized spacial score (nSPS) is 25.9. The summed E-state index contributed by atoms with van der Waals surface area (Å²) in [5, 5.41) is 0. The van der Waals surface area contributed by atoms with E-state index in [-0.39, 0.29) is 18.5 Å². The van der Waals surface area contributed by atoms with Crippen molar-refractivity contribution in [3.63, 3.8) is 0 Å². The molecule has 0 aromatic heterocycles. The van der Waals surface area contributed by atoms with Crippen LogP contribution >= 0.6 is 0 Å². The minimum Gasteiger partial charge on any atom is -0.379 e. The van der Waals surface area contributed by atoms with Gasteiger partial charge in [-0.05, 0) is 38.5 Å². The van der Waals surface area contributed by atoms with Gasteiger partial charge in [0.05, 0.1) is 25.6 Å². The zero-order chi connectivity index (χ0) is 15.8. The first-order valence-corrected chi connectivity index (χ1v) is 8.09. The van der Waals surface area contributed by atoms with Crippen LogP contribution in [0, 0.1) is 5.92 Å². The van der Waals surface area contributed by atoms with Gasteiger partial charge in [-0.25, -0.2) is 0 Å². The predicted octanol–water partition coefficient (Wildman–Crippen LogP) is 1.44. The second-order valence-corrected chi connectivity index (χ2v) is 5.76. The van der Waals surface area contributed by atoms with E-state index >= 15 is 0 Å². The van der Waals surface area contributed by atoms with Gasteiger partial charge in [0.25, 0.3) is 0 Å². The van der Waals surface area contributed by atoms with E-state index in [0.717, 1.165) is 32.3 Å². The lowest BCUT2D eigenvalue weighted by Crippen LogP contribution is -2.24. The molecule has 1 aliphatic heterocycles. The van der Waals surface area contributed by atoms with Crippen LogP contribution in [-0.2, 0) is 28.6 Å². The minimum absolute atomic E-state index is 0.0886. The maximum Gasteiger partial charge on any atom is 0.209 e. The highest BCUT2D eigenvalue weighted by Gasteiger charge is 2.39. The third-order valence-corrected chi connectivity index (χ3v) is 4.02. The zero-order valence-corrected chi connectivity index (χ0v) is 12.9. The average molecular weight is 312 g/mol. The molecule has 1 saturated carbocycles. The number of carbonyl (C=O) groups excluding carboxylic acids is 3. The number of unbranched alkanes of at least 4 members (excludes halogenated alkanes) is 1. The lowest BCUT2D eigenvalue weighted by atomic mass is 9.99. The Hall–Kier alpha value is -1.11. The molecule has 124 valence electrons. The molecule has 2 atom stereocenters. The molecule has 1 heterocycles. The summed E-state index contributed by atoms with van der Waals surface area (Å²) >= 11 is 0. The molecule has 22 heavy (non-hydrogen) atoms. The standard InChI is InChI=1S/C16H24O6/c17-13-11-14(18)16(19)12(13)5-1-3-7-20-9-10-22-15-6-2-4-8-21-15/h12,15H,1-11H2. The van der Waals surface area contributed by atoms with Gasteiger partial charge in [0.1, 0.15) is 0 Å². The quantitative estimate of drug-likeness (QED) is 0.364. The van der Waals surface area contributed by atoms with Crippen LogP contribution in [0.1, 0.15) is 44.9 Å². The van der Waals surface area contributed by atoms with Crippen LogP contribution in [0.25, 0.3) is 0 Å². The molecule has 6 nitrogen and oxygen atoms in total. The second-order valence-electron chi connectivity index (χ2n) is 5.76. The number of ketones is 3. The van der Waals surface area contributed by atoms with E-state index in [9.17, 15) is 14.4 Å². The topological polar surface area (TPSA) is 78.9 Å². The Balaban J connectivity index is 1.43. The van der Waals surface area contributed by atoms with Crippen LogP contribution in [-0.4, -0.2) is 50.1 Å². The van der Waals surface area contributed by atoms with E-state index in [1.54, 1.807) is 0 Å². The molecule has 2 unspecified atom stereocenters. The molecule has 0 N–H and O–H groups in total. The Morgan fingerprint density at radius 3 is 2.59 bits per heavy atom. The highest BCUT2D eigenvalue weighted by Crippen LogP contribution is 2.20. The van der Waals surface area contributed by atoms with Crippen LogP contribution in [0.3, 0.4) is 0 Å². The fourth-order valence-corrected chi connectivity index (χ4v) is 2.74. The summed E-state index contributed by atoms with van der Waals surface area (Å²) in [4.78, 5) is 34.0. The molecular weight excluding hydrogens is 288 g/mol.